The zero-order chi connectivity index (χ0) is 18.4. The van der Waals surface area contributed by atoms with Gasteiger partial charge >= 0.3 is 0 Å². The van der Waals surface area contributed by atoms with Crippen LogP contribution in [0.5, 0.6) is 0 Å². The fraction of sp³-hybridized carbons (Fsp3) is 0.417. The first-order valence-electron chi connectivity index (χ1n) is 9.68. The van der Waals surface area contributed by atoms with E-state index in [4.69, 9.17) is 0 Å². The van der Waals surface area contributed by atoms with Crippen LogP contribution in [0.4, 0.5) is 0 Å². The number of hydrogen-bond acceptors (Lipinski definition) is 2. The van der Waals surface area contributed by atoms with Gasteiger partial charge in [0.05, 0.1) is 0 Å². The van der Waals surface area contributed by atoms with Crippen molar-refractivity contribution in [3.05, 3.63) is 70.8 Å². The zero-order valence-electron chi connectivity index (χ0n) is 15.7. The van der Waals surface area contributed by atoms with E-state index in [1.807, 2.05) is 36.4 Å². The molecule has 0 bridgehead atoms. The number of hydrogen-bond donors (Lipinski definition) is 0. The molecule has 4 rings (SSSR count). The SMILES string of the molecule is CC1(CCC2(C)CCc3ccccc3C2=O)CCc2ccccc2C1=O. The Balaban J connectivity index is 1.54. The quantitative estimate of drug-likeness (QED) is 0.742. The van der Waals surface area contributed by atoms with Crippen molar-refractivity contribution < 1.29 is 9.59 Å². The Morgan fingerprint density at radius 1 is 0.692 bits per heavy atom. The summed E-state index contributed by atoms with van der Waals surface area (Å²) in [6.45, 7) is 4.19. The van der Waals surface area contributed by atoms with E-state index < -0.39 is 0 Å². The van der Waals surface area contributed by atoms with E-state index in [2.05, 4.69) is 26.0 Å². The highest BCUT2D eigenvalue weighted by atomic mass is 16.1. The molecular weight excluding hydrogens is 320 g/mol. The van der Waals surface area contributed by atoms with Gasteiger partial charge in [0.25, 0.3) is 0 Å². The van der Waals surface area contributed by atoms with Crippen LogP contribution in [0.3, 0.4) is 0 Å². The van der Waals surface area contributed by atoms with Gasteiger partial charge in [0.1, 0.15) is 0 Å². The molecule has 0 saturated heterocycles. The van der Waals surface area contributed by atoms with E-state index in [0.29, 0.717) is 0 Å². The molecule has 0 aromatic heterocycles. The van der Waals surface area contributed by atoms with Crippen molar-refractivity contribution in [2.75, 3.05) is 0 Å². The molecule has 2 unspecified atom stereocenters. The second-order valence-electron chi connectivity index (χ2n) is 8.59. The van der Waals surface area contributed by atoms with Gasteiger partial charge in [-0.2, -0.15) is 0 Å². The highest BCUT2D eigenvalue weighted by molar-refractivity contribution is 6.03. The van der Waals surface area contributed by atoms with E-state index in [9.17, 15) is 9.59 Å². The topological polar surface area (TPSA) is 34.1 Å². The van der Waals surface area contributed by atoms with Gasteiger partial charge < -0.3 is 0 Å². The molecule has 0 radical (unpaired) electrons. The lowest BCUT2D eigenvalue weighted by molar-refractivity contribution is 0.0659. The van der Waals surface area contributed by atoms with E-state index in [0.717, 1.165) is 49.7 Å². The van der Waals surface area contributed by atoms with Crippen molar-refractivity contribution in [2.45, 2.75) is 52.4 Å². The summed E-state index contributed by atoms with van der Waals surface area (Å²) in [6, 6.07) is 16.0. The fourth-order valence-corrected chi connectivity index (χ4v) is 4.65. The molecule has 134 valence electrons. The molecule has 2 aliphatic carbocycles. The molecule has 2 aliphatic rings. The maximum atomic E-state index is 13.1. The van der Waals surface area contributed by atoms with Crippen molar-refractivity contribution in [1.82, 2.24) is 0 Å². The molecule has 0 N–H and O–H groups in total. The third kappa shape index (κ3) is 2.72. The van der Waals surface area contributed by atoms with E-state index >= 15 is 0 Å². The Labute approximate surface area is 155 Å². The van der Waals surface area contributed by atoms with Crippen LogP contribution >= 0.6 is 0 Å². The highest BCUT2D eigenvalue weighted by Gasteiger charge is 2.43. The first-order valence-corrected chi connectivity index (χ1v) is 9.68. The van der Waals surface area contributed by atoms with Crippen LogP contribution in [-0.4, -0.2) is 11.6 Å². The van der Waals surface area contributed by atoms with E-state index in [1.54, 1.807) is 0 Å². The number of rotatable bonds is 3. The third-order valence-corrected chi connectivity index (χ3v) is 6.74. The number of benzene rings is 2. The van der Waals surface area contributed by atoms with Crippen LogP contribution in [-0.2, 0) is 12.8 Å². The van der Waals surface area contributed by atoms with E-state index in [1.165, 1.54) is 11.1 Å². The summed E-state index contributed by atoms with van der Waals surface area (Å²) < 4.78 is 0. The Bertz CT molecular complexity index is 808. The Morgan fingerprint density at radius 3 is 1.50 bits per heavy atom. The Kier molecular flexibility index (Phi) is 4.10. The van der Waals surface area contributed by atoms with E-state index in [-0.39, 0.29) is 22.4 Å². The third-order valence-electron chi connectivity index (χ3n) is 6.74. The summed E-state index contributed by atoms with van der Waals surface area (Å²) in [7, 11) is 0. The van der Waals surface area contributed by atoms with Crippen LogP contribution in [0, 0.1) is 10.8 Å². The minimum atomic E-state index is -0.353. The first kappa shape index (κ1) is 17.2. The number of Topliss-reactive ketones (excluding diaryl/α,β-unsaturated/α-hetero) is 2. The van der Waals surface area contributed by atoms with Crippen LogP contribution < -0.4 is 0 Å². The van der Waals surface area contributed by atoms with Gasteiger partial charge in [-0.15, -0.1) is 0 Å². The minimum absolute atomic E-state index is 0.256. The van der Waals surface area contributed by atoms with Crippen LogP contribution in [0.25, 0.3) is 0 Å². The summed E-state index contributed by atoms with van der Waals surface area (Å²) in [5.41, 5.74) is 3.40. The lowest BCUT2D eigenvalue weighted by Gasteiger charge is -2.38. The lowest BCUT2D eigenvalue weighted by Crippen LogP contribution is -2.38. The summed E-state index contributed by atoms with van der Waals surface area (Å²) in [4.78, 5) is 26.2. The molecule has 0 amide bonds. The number of carbonyl (C=O) groups excluding carboxylic acids is 2. The van der Waals surface area contributed by atoms with Crippen molar-refractivity contribution in [3.8, 4) is 0 Å². The van der Waals surface area contributed by atoms with Crippen LogP contribution in [0.2, 0.25) is 0 Å². The number of carbonyl (C=O) groups is 2. The standard InChI is InChI=1S/C24H26O2/c1-23(13-11-17-7-3-5-9-19(17)21(23)25)15-16-24(2)14-12-18-8-4-6-10-20(18)22(24)26/h3-10H,11-16H2,1-2H3. The second kappa shape index (κ2) is 6.19. The van der Waals surface area contributed by atoms with Gasteiger partial charge in [-0.05, 0) is 49.7 Å². The number of fused-ring (bicyclic) bond motifs is 2. The Morgan fingerprint density at radius 2 is 1.08 bits per heavy atom. The number of aryl methyl sites for hydroxylation is 2. The largest absolute Gasteiger partial charge is 0.294 e. The fourth-order valence-electron chi connectivity index (χ4n) is 4.65. The smallest absolute Gasteiger partial charge is 0.169 e. The van der Waals surface area contributed by atoms with Gasteiger partial charge in [0, 0.05) is 22.0 Å². The van der Waals surface area contributed by atoms with Gasteiger partial charge in [-0.25, -0.2) is 0 Å². The predicted molar refractivity (Wildman–Crippen MR) is 104 cm³/mol. The van der Waals surface area contributed by atoms with Crippen molar-refractivity contribution >= 4 is 11.6 Å². The summed E-state index contributed by atoms with van der Waals surface area (Å²) in [5.74, 6) is 0.512. The zero-order valence-corrected chi connectivity index (χ0v) is 15.7. The molecule has 2 aromatic carbocycles. The lowest BCUT2D eigenvalue weighted by atomic mass is 9.63. The maximum Gasteiger partial charge on any atom is 0.169 e. The van der Waals surface area contributed by atoms with Gasteiger partial charge in [0.2, 0.25) is 0 Å². The maximum absolute atomic E-state index is 13.1. The molecule has 0 saturated carbocycles. The number of ketones is 2. The van der Waals surface area contributed by atoms with Gasteiger partial charge in [0.15, 0.2) is 11.6 Å². The molecule has 2 nitrogen and oxygen atoms in total. The average Bonchev–Trinajstić information content (AvgIpc) is 2.67. The summed E-state index contributed by atoms with van der Waals surface area (Å²) in [6.07, 6.45) is 5.22. The molecule has 2 heteroatoms. The average molecular weight is 346 g/mol. The molecule has 0 heterocycles. The normalized spacial score (nSPS) is 27.8. The predicted octanol–water partition coefficient (Wildman–Crippen LogP) is 5.44. The van der Waals surface area contributed by atoms with Gasteiger partial charge in [-0.1, -0.05) is 62.4 Å². The molecule has 0 fully saturated rings. The van der Waals surface area contributed by atoms with Gasteiger partial charge in [-0.3, -0.25) is 9.59 Å². The molecule has 26 heavy (non-hydrogen) atoms. The van der Waals surface area contributed by atoms with Crippen molar-refractivity contribution in [2.24, 2.45) is 10.8 Å². The van der Waals surface area contributed by atoms with Crippen molar-refractivity contribution in [1.29, 1.82) is 0 Å². The molecule has 0 aliphatic heterocycles. The first-order chi connectivity index (χ1) is 12.4. The van der Waals surface area contributed by atoms with Crippen LogP contribution in [0.15, 0.2) is 48.5 Å². The molecule has 2 atom stereocenters. The second-order valence-corrected chi connectivity index (χ2v) is 8.59. The van der Waals surface area contributed by atoms with Crippen molar-refractivity contribution in [3.63, 3.8) is 0 Å². The monoisotopic (exact) mass is 346 g/mol. The minimum Gasteiger partial charge on any atom is -0.294 e. The summed E-state index contributed by atoms with van der Waals surface area (Å²) in [5, 5.41) is 0. The molecule has 0 spiro atoms. The summed E-state index contributed by atoms with van der Waals surface area (Å²) >= 11 is 0. The molecule has 2 aromatic rings. The van der Waals surface area contributed by atoms with Crippen LogP contribution in [0.1, 0.15) is 71.4 Å². The molecular formula is C24H26O2. The Hall–Kier alpha value is -2.22. The highest BCUT2D eigenvalue weighted by Crippen LogP contribution is 2.45.